The Morgan fingerprint density at radius 1 is 1.16 bits per heavy atom. The largest absolute Gasteiger partial charge is 0.382 e. The molecule has 4 N–H and O–H groups in total. The van der Waals surface area contributed by atoms with Gasteiger partial charge in [-0.2, -0.15) is 0 Å². The van der Waals surface area contributed by atoms with Crippen LogP contribution in [0.4, 0.5) is 5.69 Å². The van der Waals surface area contributed by atoms with Gasteiger partial charge in [-0.05, 0) is 44.0 Å². The van der Waals surface area contributed by atoms with Crippen molar-refractivity contribution in [2.75, 3.05) is 18.4 Å². The van der Waals surface area contributed by atoms with Crippen molar-refractivity contribution in [1.29, 1.82) is 0 Å². The molecule has 0 saturated carbocycles. The van der Waals surface area contributed by atoms with Crippen LogP contribution < -0.4 is 16.0 Å². The molecule has 7 heteroatoms. The van der Waals surface area contributed by atoms with Gasteiger partial charge in [0.1, 0.15) is 6.23 Å². The number of fused-ring (bicyclic) bond motifs is 1. The Bertz CT molecular complexity index is 687. The van der Waals surface area contributed by atoms with Gasteiger partial charge in [0.2, 0.25) is 11.8 Å². The molecule has 2 unspecified atom stereocenters. The zero-order valence-electron chi connectivity index (χ0n) is 14.1. The molecule has 1 aromatic carbocycles. The number of nitrogens with one attached hydrogen (secondary N) is 3. The average molecular weight is 344 g/mol. The summed E-state index contributed by atoms with van der Waals surface area (Å²) in [4.78, 5) is 25.4. The van der Waals surface area contributed by atoms with E-state index >= 15 is 0 Å². The molecular weight excluding hydrogens is 320 g/mol. The zero-order valence-corrected chi connectivity index (χ0v) is 14.1. The number of benzene rings is 1. The summed E-state index contributed by atoms with van der Waals surface area (Å²) in [6, 6.07) is 5.86. The van der Waals surface area contributed by atoms with Crippen molar-refractivity contribution in [2.45, 2.75) is 50.5 Å². The van der Waals surface area contributed by atoms with Gasteiger partial charge >= 0.3 is 0 Å². The van der Waals surface area contributed by atoms with E-state index in [1.807, 2.05) is 18.2 Å². The molecule has 134 valence electrons. The lowest BCUT2D eigenvalue weighted by Gasteiger charge is -2.31. The van der Waals surface area contributed by atoms with E-state index in [1.165, 1.54) is 0 Å². The Morgan fingerprint density at radius 3 is 2.72 bits per heavy atom. The number of hydrogen-bond acceptors (Lipinski definition) is 6. The molecule has 3 aliphatic heterocycles. The molecule has 0 aromatic heterocycles. The summed E-state index contributed by atoms with van der Waals surface area (Å²) >= 11 is 0. The van der Waals surface area contributed by atoms with E-state index < -0.39 is 12.3 Å². The van der Waals surface area contributed by atoms with E-state index in [2.05, 4.69) is 16.0 Å². The Labute approximate surface area is 146 Å². The second-order valence-electron chi connectivity index (χ2n) is 7.05. The Kier molecular flexibility index (Phi) is 4.45. The highest BCUT2D eigenvalue weighted by Gasteiger charge is 2.40. The van der Waals surface area contributed by atoms with Crippen LogP contribution in [0.15, 0.2) is 18.2 Å². The fourth-order valence-corrected chi connectivity index (χ4v) is 4.07. The first-order valence-corrected chi connectivity index (χ1v) is 9.00. The minimum atomic E-state index is -0.811. The third-order valence-electron chi connectivity index (χ3n) is 5.45. The van der Waals surface area contributed by atoms with Gasteiger partial charge in [0.25, 0.3) is 0 Å². The molecule has 2 amide bonds. The first-order valence-electron chi connectivity index (χ1n) is 9.00. The van der Waals surface area contributed by atoms with E-state index in [4.69, 9.17) is 0 Å². The van der Waals surface area contributed by atoms with Crippen molar-refractivity contribution in [3.8, 4) is 0 Å². The van der Waals surface area contributed by atoms with Crippen molar-refractivity contribution < 1.29 is 14.7 Å². The number of amides is 2. The zero-order chi connectivity index (χ0) is 17.4. The van der Waals surface area contributed by atoms with Crippen LogP contribution in [0, 0.1) is 0 Å². The summed E-state index contributed by atoms with van der Waals surface area (Å²) in [6.07, 6.45) is 2.10. The summed E-state index contributed by atoms with van der Waals surface area (Å²) in [5.74, 6) is -0.545. The smallest absolute Gasteiger partial charge is 0.244 e. The van der Waals surface area contributed by atoms with Gasteiger partial charge in [0.05, 0.1) is 6.04 Å². The molecule has 4 rings (SSSR count). The fourth-order valence-electron chi connectivity index (χ4n) is 4.07. The molecule has 7 nitrogen and oxygen atoms in total. The normalized spacial score (nSPS) is 27.9. The number of carbonyl (C=O) groups excluding carboxylic acids is 2. The van der Waals surface area contributed by atoms with Gasteiger partial charge in [0, 0.05) is 30.3 Å². The Balaban J connectivity index is 1.54. The van der Waals surface area contributed by atoms with Gasteiger partial charge < -0.3 is 15.7 Å². The molecule has 25 heavy (non-hydrogen) atoms. The number of piperidine rings is 2. The lowest BCUT2D eigenvalue weighted by molar-refractivity contribution is -0.141. The Morgan fingerprint density at radius 2 is 1.96 bits per heavy atom. The van der Waals surface area contributed by atoms with Crippen molar-refractivity contribution in [1.82, 2.24) is 15.5 Å². The molecule has 3 aliphatic rings. The van der Waals surface area contributed by atoms with Gasteiger partial charge in [-0.3, -0.25) is 19.8 Å². The molecule has 2 fully saturated rings. The van der Waals surface area contributed by atoms with Crippen molar-refractivity contribution >= 4 is 17.5 Å². The van der Waals surface area contributed by atoms with E-state index in [0.29, 0.717) is 25.4 Å². The topological polar surface area (TPSA) is 93.7 Å². The number of aliphatic hydroxyl groups is 1. The summed E-state index contributed by atoms with van der Waals surface area (Å²) in [5.41, 5.74) is 2.94. The minimum absolute atomic E-state index is 0.235. The van der Waals surface area contributed by atoms with Crippen LogP contribution >= 0.6 is 0 Å². The maximum Gasteiger partial charge on any atom is 0.244 e. The molecule has 0 bridgehead atoms. The molecule has 2 atom stereocenters. The predicted octanol–water partition coefficient (Wildman–Crippen LogP) is 0.462. The van der Waals surface area contributed by atoms with Gasteiger partial charge in [-0.1, -0.05) is 12.1 Å². The monoisotopic (exact) mass is 344 g/mol. The van der Waals surface area contributed by atoms with Crippen LogP contribution in [0.5, 0.6) is 0 Å². The number of anilines is 1. The van der Waals surface area contributed by atoms with Crippen molar-refractivity contribution in [3.05, 3.63) is 29.3 Å². The molecule has 0 spiro atoms. The van der Waals surface area contributed by atoms with E-state index in [1.54, 1.807) is 4.90 Å². The fraction of sp³-hybridized carbons (Fsp3) is 0.556. The third-order valence-corrected chi connectivity index (χ3v) is 5.45. The number of imide groups is 1. The molecule has 0 radical (unpaired) electrons. The maximum atomic E-state index is 12.2. The second kappa shape index (κ2) is 6.74. The minimum Gasteiger partial charge on any atom is -0.382 e. The van der Waals surface area contributed by atoms with Crippen LogP contribution in [0.1, 0.15) is 43.0 Å². The molecule has 0 aliphatic carbocycles. The summed E-state index contributed by atoms with van der Waals surface area (Å²) in [5, 5.41) is 20.1. The molecule has 2 saturated heterocycles. The quantitative estimate of drug-likeness (QED) is 0.596. The van der Waals surface area contributed by atoms with E-state index in [-0.39, 0.29) is 11.8 Å². The highest BCUT2D eigenvalue weighted by molar-refractivity contribution is 6.00. The number of rotatable bonds is 3. The van der Waals surface area contributed by atoms with Crippen LogP contribution in [0.3, 0.4) is 0 Å². The van der Waals surface area contributed by atoms with Crippen LogP contribution in [-0.2, 0) is 16.1 Å². The predicted molar refractivity (Wildman–Crippen MR) is 92.6 cm³/mol. The van der Waals surface area contributed by atoms with Crippen LogP contribution in [-0.4, -0.2) is 47.0 Å². The van der Waals surface area contributed by atoms with Crippen LogP contribution in [0.25, 0.3) is 0 Å². The first-order chi connectivity index (χ1) is 12.1. The van der Waals surface area contributed by atoms with Gasteiger partial charge in [0.15, 0.2) is 0 Å². The maximum absolute atomic E-state index is 12.2. The first kappa shape index (κ1) is 16.5. The third kappa shape index (κ3) is 3.15. The molecule has 3 heterocycles. The standard InChI is InChI=1S/C18H24N4O3/c23-16-5-4-15(17(24)21-16)22-10-13-12(18(22)25)2-1-3-14(13)20-11-6-8-19-9-7-11/h1-3,11,15,18-20,25H,4-10H2,(H,21,23,24). The summed E-state index contributed by atoms with van der Waals surface area (Å²) in [6.45, 7) is 2.53. The number of aliphatic hydroxyl groups excluding tert-OH is 1. The van der Waals surface area contributed by atoms with Crippen molar-refractivity contribution in [2.24, 2.45) is 0 Å². The van der Waals surface area contributed by atoms with Crippen LogP contribution in [0.2, 0.25) is 0 Å². The van der Waals surface area contributed by atoms with E-state index in [9.17, 15) is 14.7 Å². The molecular formula is C18H24N4O3. The average Bonchev–Trinajstić information content (AvgIpc) is 2.94. The summed E-state index contributed by atoms with van der Waals surface area (Å²) < 4.78 is 0. The second-order valence-corrected chi connectivity index (χ2v) is 7.05. The van der Waals surface area contributed by atoms with Gasteiger partial charge in [-0.25, -0.2) is 0 Å². The highest BCUT2D eigenvalue weighted by Crippen LogP contribution is 2.39. The van der Waals surface area contributed by atoms with Crippen molar-refractivity contribution in [3.63, 3.8) is 0 Å². The highest BCUT2D eigenvalue weighted by atomic mass is 16.3. The Hall–Kier alpha value is -1.96. The summed E-state index contributed by atoms with van der Waals surface area (Å²) in [7, 11) is 0. The molecule has 1 aromatic rings. The SMILES string of the molecule is O=C1CCC(N2Cc3c(NC4CCNCC4)cccc3C2O)C(=O)N1. The van der Waals surface area contributed by atoms with E-state index in [0.717, 1.165) is 42.7 Å². The van der Waals surface area contributed by atoms with Gasteiger partial charge in [-0.15, -0.1) is 0 Å². The number of hydrogen-bond donors (Lipinski definition) is 4. The lowest BCUT2D eigenvalue weighted by Crippen LogP contribution is -2.51. The lowest BCUT2D eigenvalue weighted by atomic mass is 10.0. The number of carbonyl (C=O) groups is 2. The number of nitrogens with zero attached hydrogens (tertiary/aromatic N) is 1.